The van der Waals surface area contributed by atoms with Crippen LogP contribution in [0.5, 0.6) is 0 Å². The topological polar surface area (TPSA) is 64.0 Å². The lowest BCUT2D eigenvalue weighted by Gasteiger charge is -2.08. The summed E-state index contributed by atoms with van der Waals surface area (Å²) in [5, 5.41) is 3.60. The van der Waals surface area contributed by atoms with Gasteiger partial charge in [0.1, 0.15) is 0 Å². The van der Waals surface area contributed by atoms with Gasteiger partial charge in [-0.2, -0.15) is 0 Å². The Balaban J connectivity index is 1.70. The number of carbonyl (C=O) groups is 1. The van der Waals surface area contributed by atoms with Gasteiger partial charge in [-0.15, -0.1) is 0 Å². The molecule has 2 aromatic rings. The zero-order valence-corrected chi connectivity index (χ0v) is 14.6. The second-order valence-corrected chi connectivity index (χ2v) is 6.60. The Morgan fingerprint density at radius 2 is 2.00 bits per heavy atom. The van der Waals surface area contributed by atoms with Gasteiger partial charge in [-0.3, -0.25) is 14.2 Å². The predicted molar refractivity (Wildman–Crippen MR) is 96.9 cm³/mol. The second kappa shape index (κ2) is 9.21. The SMILES string of the molecule is CC(C)CCNC(=O)CCCCCn1cnc2ccccc2c1=O. The lowest BCUT2D eigenvalue weighted by Crippen LogP contribution is -2.25. The lowest BCUT2D eigenvalue weighted by atomic mass is 10.1. The summed E-state index contributed by atoms with van der Waals surface area (Å²) in [6, 6.07) is 7.39. The molecule has 130 valence electrons. The third-order valence-electron chi connectivity index (χ3n) is 4.08. The number of para-hydroxylation sites is 1. The number of nitrogens with zero attached hydrogens (tertiary/aromatic N) is 2. The summed E-state index contributed by atoms with van der Waals surface area (Å²) < 4.78 is 1.66. The van der Waals surface area contributed by atoms with Crippen LogP contribution in [0.15, 0.2) is 35.4 Å². The van der Waals surface area contributed by atoms with Crippen LogP contribution in [-0.4, -0.2) is 22.0 Å². The van der Waals surface area contributed by atoms with Crippen molar-refractivity contribution in [1.82, 2.24) is 14.9 Å². The largest absolute Gasteiger partial charge is 0.356 e. The number of fused-ring (bicyclic) bond motifs is 1. The van der Waals surface area contributed by atoms with Gasteiger partial charge in [-0.05, 0) is 37.3 Å². The van der Waals surface area contributed by atoms with Gasteiger partial charge in [-0.1, -0.05) is 32.4 Å². The van der Waals surface area contributed by atoms with Crippen LogP contribution in [0.1, 0.15) is 46.0 Å². The van der Waals surface area contributed by atoms with Crippen molar-refractivity contribution in [2.24, 2.45) is 5.92 Å². The van der Waals surface area contributed by atoms with Crippen molar-refractivity contribution < 1.29 is 4.79 Å². The van der Waals surface area contributed by atoms with Gasteiger partial charge in [0.2, 0.25) is 5.91 Å². The van der Waals surface area contributed by atoms with Crippen molar-refractivity contribution in [3.8, 4) is 0 Å². The van der Waals surface area contributed by atoms with Gasteiger partial charge in [-0.25, -0.2) is 4.98 Å². The van der Waals surface area contributed by atoms with E-state index in [1.807, 2.05) is 24.3 Å². The molecule has 24 heavy (non-hydrogen) atoms. The molecule has 1 heterocycles. The molecule has 0 aliphatic carbocycles. The van der Waals surface area contributed by atoms with E-state index in [0.29, 0.717) is 24.3 Å². The lowest BCUT2D eigenvalue weighted by molar-refractivity contribution is -0.121. The minimum absolute atomic E-state index is 0.00651. The van der Waals surface area contributed by atoms with Crippen LogP contribution in [0.3, 0.4) is 0 Å². The zero-order valence-electron chi connectivity index (χ0n) is 14.6. The first-order chi connectivity index (χ1) is 11.6. The first-order valence-electron chi connectivity index (χ1n) is 8.79. The fraction of sp³-hybridized carbons (Fsp3) is 0.526. The standard InChI is InChI=1S/C19H27N3O2/c1-15(2)11-12-20-18(23)10-4-3-7-13-22-14-21-17-9-6-5-8-16(17)19(22)24/h5-6,8-9,14-15H,3-4,7,10-13H2,1-2H3,(H,20,23). The van der Waals surface area contributed by atoms with E-state index in [2.05, 4.69) is 24.1 Å². The van der Waals surface area contributed by atoms with Crippen LogP contribution in [0, 0.1) is 5.92 Å². The first-order valence-corrected chi connectivity index (χ1v) is 8.79. The third-order valence-corrected chi connectivity index (χ3v) is 4.08. The molecule has 0 bridgehead atoms. The molecule has 0 saturated heterocycles. The number of amides is 1. The zero-order chi connectivity index (χ0) is 17.4. The van der Waals surface area contributed by atoms with Gasteiger partial charge < -0.3 is 5.32 Å². The summed E-state index contributed by atoms with van der Waals surface area (Å²) >= 11 is 0. The van der Waals surface area contributed by atoms with Crippen molar-refractivity contribution in [3.05, 3.63) is 40.9 Å². The number of aryl methyl sites for hydroxylation is 1. The van der Waals surface area contributed by atoms with Crippen LogP contribution in [-0.2, 0) is 11.3 Å². The van der Waals surface area contributed by atoms with Crippen LogP contribution in [0.4, 0.5) is 0 Å². The maximum Gasteiger partial charge on any atom is 0.261 e. The molecule has 0 saturated carbocycles. The summed E-state index contributed by atoms with van der Waals surface area (Å²) in [4.78, 5) is 28.3. The average molecular weight is 329 g/mol. The number of nitrogens with one attached hydrogen (secondary N) is 1. The number of hydrogen-bond donors (Lipinski definition) is 1. The molecule has 5 nitrogen and oxygen atoms in total. The van der Waals surface area contributed by atoms with Crippen molar-refractivity contribution in [2.75, 3.05) is 6.54 Å². The van der Waals surface area contributed by atoms with Crippen molar-refractivity contribution in [2.45, 2.75) is 52.5 Å². The molecular formula is C19H27N3O2. The number of carbonyl (C=O) groups excluding carboxylic acids is 1. The first kappa shape index (κ1) is 18.2. The van der Waals surface area contributed by atoms with E-state index in [1.165, 1.54) is 0 Å². The summed E-state index contributed by atoms with van der Waals surface area (Å²) in [6.07, 6.45) is 5.84. The number of aromatic nitrogens is 2. The summed E-state index contributed by atoms with van der Waals surface area (Å²) in [5.74, 6) is 0.736. The van der Waals surface area contributed by atoms with E-state index < -0.39 is 0 Å². The minimum atomic E-state index is 0.00651. The highest BCUT2D eigenvalue weighted by Crippen LogP contribution is 2.06. The van der Waals surface area contributed by atoms with Gasteiger partial charge in [0.25, 0.3) is 5.56 Å². The maximum atomic E-state index is 12.3. The van der Waals surface area contributed by atoms with E-state index in [4.69, 9.17) is 0 Å². The van der Waals surface area contributed by atoms with Gasteiger partial charge in [0, 0.05) is 19.5 Å². The molecule has 1 N–H and O–H groups in total. The van der Waals surface area contributed by atoms with Crippen molar-refractivity contribution in [1.29, 1.82) is 0 Å². The van der Waals surface area contributed by atoms with Crippen LogP contribution < -0.4 is 10.9 Å². The normalized spacial score (nSPS) is 11.1. The summed E-state index contributed by atoms with van der Waals surface area (Å²) in [6.45, 7) is 5.70. The molecule has 0 aliphatic rings. The molecule has 0 aliphatic heterocycles. The van der Waals surface area contributed by atoms with Crippen LogP contribution in [0.2, 0.25) is 0 Å². The molecule has 2 rings (SSSR count). The monoisotopic (exact) mass is 329 g/mol. The molecular weight excluding hydrogens is 302 g/mol. The van der Waals surface area contributed by atoms with E-state index in [1.54, 1.807) is 10.9 Å². The Morgan fingerprint density at radius 1 is 1.21 bits per heavy atom. The fourth-order valence-corrected chi connectivity index (χ4v) is 2.60. The fourth-order valence-electron chi connectivity index (χ4n) is 2.60. The van der Waals surface area contributed by atoms with E-state index in [9.17, 15) is 9.59 Å². The Hall–Kier alpha value is -2.17. The second-order valence-electron chi connectivity index (χ2n) is 6.60. The third kappa shape index (κ3) is 5.48. The highest BCUT2D eigenvalue weighted by Gasteiger charge is 2.04. The Labute approximate surface area is 143 Å². The van der Waals surface area contributed by atoms with E-state index in [-0.39, 0.29) is 11.5 Å². The van der Waals surface area contributed by atoms with Crippen LogP contribution in [0.25, 0.3) is 10.9 Å². The molecule has 0 radical (unpaired) electrons. The molecule has 0 spiro atoms. The molecule has 0 unspecified atom stereocenters. The van der Waals surface area contributed by atoms with Gasteiger partial charge in [0.15, 0.2) is 0 Å². The Bertz CT molecular complexity index is 722. The summed E-state index contributed by atoms with van der Waals surface area (Å²) in [5.41, 5.74) is 0.740. The molecule has 0 atom stereocenters. The van der Waals surface area contributed by atoms with Crippen LogP contribution >= 0.6 is 0 Å². The highest BCUT2D eigenvalue weighted by molar-refractivity contribution is 5.77. The molecule has 1 amide bonds. The molecule has 0 fully saturated rings. The Morgan fingerprint density at radius 3 is 2.79 bits per heavy atom. The highest BCUT2D eigenvalue weighted by atomic mass is 16.1. The van der Waals surface area contributed by atoms with E-state index in [0.717, 1.165) is 37.7 Å². The smallest absolute Gasteiger partial charge is 0.261 e. The average Bonchev–Trinajstić information content (AvgIpc) is 2.56. The van der Waals surface area contributed by atoms with Crippen molar-refractivity contribution in [3.63, 3.8) is 0 Å². The number of hydrogen-bond acceptors (Lipinski definition) is 3. The molecule has 1 aromatic heterocycles. The molecule has 5 heteroatoms. The number of rotatable bonds is 9. The Kier molecular flexibility index (Phi) is 6.97. The van der Waals surface area contributed by atoms with Crippen molar-refractivity contribution >= 4 is 16.8 Å². The van der Waals surface area contributed by atoms with E-state index >= 15 is 0 Å². The summed E-state index contributed by atoms with van der Waals surface area (Å²) in [7, 11) is 0. The van der Waals surface area contributed by atoms with Gasteiger partial charge in [0.05, 0.1) is 17.2 Å². The minimum Gasteiger partial charge on any atom is -0.356 e. The predicted octanol–water partition coefficient (Wildman–Crippen LogP) is 3.12. The maximum absolute atomic E-state index is 12.3. The number of unbranched alkanes of at least 4 members (excludes halogenated alkanes) is 2. The van der Waals surface area contributed by atoms with Gasteiger partial charge >= 0.3 is 0 Å². The molecule has 1 aromatic carbocycles. The number of benzene rings is 1. The quantitative estimate of drug-likeness (QED) is 0.719.